The summed E-state index contributed by atoms with van der Waals surface area (Å²) in [6, 6.07) is 8.86. The van der Waals surface area contributed by atoms with Crippen molar-refractivity contribution in [3.8, 4) is 0 Å². The lowest BCUT2D eigenvalue weighted by atomic mass is 9.44. The number of piperidine rings is 1. The van der Waals surface area contributed by atoms with Crippen molar-refractivity contribution in [1.82, 2.24) is 10.6 Å². The number of alkyl carbamates (subject to hydrolysis) is 1. The molecule has 2 saturated heterocycles. The molecule has 264 valence electrons. The van der Waals surface area contributed by atoms with Gasteiger partial charge in [0, 0.05) is 30.1 Å². The summed E-state index contributed by atoms with van der Waals surface area (Å²) in [5.74, 6) is 2.38. The number of hydrogen-bond acceptors (Lipinski definition) is 7. The Hall–Kier alpha value is -2.45. The summed E-state index contributed by atoms with van der Waals surface area (Å²) in [5, 5.41) is 6.55. The minimum absolute atomic E-state index is 0.0529. The van der Waals surface area contributed by atoms with Gasteiger partial charge in [0.15, 0.2) is 0 Å². The molecule has 7 rings (SSSR count). The Labute approximate surface area is 287 Å². The summed E-state index contributed by atoms with van der Waals surface area (Å²) in [6.07, 6.45) is 9.59. The van der Waals surface area contributed by atoms with Crippen LogP contribution in [0, 0.1) is 46.3 Å². The van der Waals surface area contributed by atoms with Crippen LogP contribution in [0.4, 0.5) is 4.79 Å². The minimum atomic E-state index is -0.839. The quantitative estimate of drug-likeness (QED) is 0.328. The largest absolute Gasteiger partial charge is 0.461 e. The van der Waals surface area contributed by atoms with Crippen LogP contribution in [-0.2, 0) is 30.2 Å². The highest BCUT2D eigenvalue weighted by atomic mass is 16.6. The fourth-order valence-corrected chi connectivity index (χ4v) is 11.8. The molecule has 2 heterocycles. The van der Waals surface area contributed by atoms with E-state index in [0.717, 1.165) is 57.1 Å². The molecule has 1 amide bonds. The molecular weight excluding hydrogens is 604 g/mol. The van der Waals surface area contributed by atoms with E-state index < -0.39 is 23.7 Å². The normalized spacial score (nSPS) is 42.6. The number of ether oxygens (including phenoxy) is 3. The maximum atomic E-state index is 14.4. The molecule has 12 atom stereocenters. The first-order valence-electron chi connectivity index (χ1n) is 18.9. The maximum Gasteiger partial charge on any atom is 0.408 e. The van der Waals surface area contributed by atoms with Gasteiger partial charge in [-0.3, -0.25) is 10.1 Å². The molecule has 1 spiro atoms. The van der Waals surface area contributed by atoms with E-state index in [1.807, 2.05) is 51.1 Å². The van der Waals surface area contributed by atoms with Crippen LogP contribution >= 0.6 is 0 Å². The second-order valence-corrected chi connectivity index (χ2v) is 17.8. The van der Waals surface area contributed by atoms with Crippen LogP contribution in [0.3, 0.4) is 0 Å². The Morgan fingerprint density at radius 2 is 1.81 bits per heavy atom. The van der Waals surface area contributed by atoms with Crippen molar-refractivity contribution in [2.24, 2.45) is 46.3 Å². The topological polar surface area (TPSA) is 103 Å². The Balaban J connectivity index is 1.03. The molecule has 4 saturated carbocycles. The number of amides is 1. The van der Waals surface area contributed by atoms with Gasteiger partial charge in [-0.1, -0.05) is 51.1 Å². The third-order valence-corrected chi connectivity index (χ3v) is 14.1. The smallest absolute Gasteiger partial charge is 0.408 e. The van der Waals surface area contributed by atoms with E-state index in [9.17, 15) is 14.4 Å². The van der Waals surface area contributed by atoms with Crippen molar-refractivity contribution < 1.29 is 28.6 Å². The van der Waals surface area contributed by atoms with E-state index in [-0.39, 0.29) is 28.8 Å². The highest BCUT2D eigenvalue weighted by Crippen LogP contribution is 2.70. The third-order valence-electron chi connectivity index (χ3n) is 14.1. The van der Waals surface area contributed by atoms with Gasteiger partial charge < -0.3 is 19.5 Å². The molecule has 2 aliphatic heterocycles. The second-order valence-electron chi connectivity index (χ2n) is 17.8. The molecule has 1 aromatic carbocycles. The van der Waals surface area contributed by atoms with Crippen molar-refractivity contribution in [2.75, 3.05) is 6.54 Å². The average Bonchev–Trinajstić information content (AvgIpc) is 3.47. The first kappa shape index (κ1) is 34.0. The second kappa shape index (κ2) is 12.4. The number of carbonyl (C=O) groups excluding carboxylic acids is 3. The average molecular weight is 663 g/mol. The third kappa shape index (κ3) is 5.80. The SMILES string of the molecule is C[C@H]1C2C(CC3C4CC[C@H]5C[C@@H](OC(=O)[C@H](Cc6ccccc6)NC(=O)OC(C)(C)C)CC[C@]5(C)C4CC(=O)[C@@]32C)O[C@]12CCCCN2. The molecule has 5 unspecified atom stereocenters. The van der Waals surface area contributed by atoms with Gasteiger partial charge in [-0.05, 0) is 120 Å². The molecule has 4 aliphatic carbocycles. The van der Waals surface area contributed by atoms with Gasteiger partial charge in [0.05, 0.1) is 6.10 Å². The van der Waals surface area contributed by atoms with Gasteiger partial charge >= 0.3 is 12.1 Å². The number of esters is 1. The number of carbonyl (C=O) groups is 3. The molecule has 6 fully saturated rings. The van der Waals surface area contributed by atoms with Gasteiger partial charge in [0.1, 0.15) is 29.3 Å². The zero-order chi connectivity index (χ0) is 34.1. The van der Waals surface area contributed by atoms with Crippen LogP contribution in [0.2, 0.25) is 0 Å². The van der Waals surface area contributed by atoms with Gasteiger partial charge in [-0.15, -0.1) is 0 Å². The van der Waals surface area contributed by atoms with E-state index in [2.05, 4.69) is 31.4 Å². The summed E-state index contributed by atoms with van der Waals surface area (Å²) >= 11 is 0. The predicted molar refractivity (Wildman–Crippen MR) is 183 cm³/mol. The van der Waals surface area contributed by atoms with Crippen molar-refractivity contribution in [1.29, 1.82) is 0 Å². The summed E-state index contributed by atoms with van der Waals surface area (Å²) < 4.78 is 18.7. The van der Waals surface area contributed by atoms with E-state index in [0.29, 0.717) is 54.1 Å². The van der Waals surface area contributed by atoms with Crippen LogP contribution in [0.15, 0.2) is 30.3 Å². The number of nitrogens with one attached hydrogen (secondary N) is 2. The first-order valence-corrected chi connectivity index (χ1v) is 18.9. The number of benzene rings is 1. The van der Waals surface area contributed by atoms with E-state index in [4.69, 9.17) is 14.2 Å². The standard InChI is InChI=1S/C40H58N2O6/c1-24-34-32(47-40(24)17-10-11-19-41-40)22-30-28-15-14-26-21-27(16-18-38(26,5)29(28)23-33(43)39(30,34)6)46-35(44)31(20-25-12-8-7-9-13-25)42-36(45)48-37(2,3)4/h7-9,12-13,24,26-32,34,41H,10-11,14-23H2,1-6H3,(H,42,45)/t24-,26-,27-,28?,29?,30?,31-,32?,34?,38-,39+,40+/m0/s1. The molecule has 2 N–H and O–H groups in total. The fourth-order valence-electron chi connectivity index (χ4n) is 11.8. The van der Waals surface area contributed by atoms with Crippen molar-refractivity contribution in [3.05, 3.63) is 35.9 Å². The summed E-state index contributed by atoms with van der Waals surface area (Å²) in [5.41, 5.74) is -0.232. The molecule has 0 radical (unpaired) electrons. The Kier molecular flexibility index (Phi) is 8.79. The van der Waals surface area contributed by atoms with Crippen LogP contribution in [0.5, 0.6) is 0 Å². The minimum Gasteiger partial charge on any atom is -0.461 e. The van der Waals surface area contributed by atoms with Crippen molar-refractivity contribution >= 4 is 17.8 Å². The van der Waals surface area contributed by atoms with Crippen LogP contribution < -0.4 is 10.6 Å². The molecule has 1 aromatic rings. The van der Waals surface area contributed by atoms with Gasteiger partial charge in [-0.2, -0.15) is 0 Å². The van der Waals surface area contributed by atoms with Crippen LogP contribution in [0.1, 0.15) is 111 Å². The number of ketones is 1. The van der Waals surface area contributed by atoms with Gasteiger partial charge in [0.2, 0.25) is 0 Å². The van der Waals surface area contributed by atoms with Crippen molar-refractivity contribution in [3.63, 3.8) is 0 Å². The highest BCUT2D eigenvalue weighted by molar-refractivity contribution is 5.87. The zero-order valence-electron chi connectivity index (χ0n) is 30.0. The summed E-state index contributed by atoms with van der Waals surface area (Å²) in [6.45, 7) is 13.5. The molecule has 0 aromatic heterocycles. The van der Waals surface area contributed by atoms with Gasteiger partial charge in [0.25, 0.3) is 0 Å². The fraction of sp³-hybridized carbons (Fsp3) is 0.775. The van der Waals surface area contributed by atoms with Crippen molar-refractivity contribution in [2.45, 2.75) is 142 Å². The van der Waals surface area contributed by atoms with Crippen LogP contribution in [-0.4, -0.2) is 54.0 Å². The predicted octanol–water partition coefficient (Wildman–Crippen LogP) is 6.99. The highest BCUT2D eigenvalue weighted by Gasteiger charge is 2.71. The van der Waals surface area contributed by atoms with E-state index in [1.165, 1.54) is 12.8 Å². The zero-order valence-corrected chi connectivity index (χ0v) is 30.0. The molecule has 8 heteroatoms. The lowest BCUT2D eigenvalue weighted by molar-refractivity contribution is -0.170. The molecular formula is C40H58N2O6. The molecule has 8 nitrogen and oxygen atoms in total. The monoisotopic (exact) mass is 662 g/mol. The van der Waals surface area contributed by atoms with Gasteiger partial charge in [-0.25, -0.2) is 9.59 Å². The maximum absolute atomic E-state index is 14.4. The number of fused-ring (bicyclic) bond motifs is 7. The lowest BCUT2D eigenvalue weighted by Gasteiger charge is -2.60. The van der Waals surface area contributed by atoms with Crippen LogP contribution in [0.25, 0.3) is 0 Å². The molecule has 6 aliphatic rings. The van der Waals surface area contributed by atoms with E-state index >= 15 is 0 Å². The number of Topliss-reactive ketones (excluding diaryl/α,β-unsaturated/α-hetero) is 1. The Bertz CT molecular complexity index is 1390. The number of hydrogen-bond donors (Lipinski definition) is 2. The summed E-state index contributed by atoms with van der Waals surface area (Å²) in [4.78, 5) is 40.8. The Morgan fingerprint density at radius 3 is 2.52 bits per heavy atom. The number of rotatable bonds is 5. The molecule has 48 heavy (non-hydrogen) atoms. The lowest BCUT2D eigenvalue weighted by Crippen LogP contribution is -2.59. The summed E-state index contributed by atoms with van der Waals surface area (Å²) in [7, 11) is 0. The first-order chi connectivity index (χ1) is 22.7. The molecule has 0 bridgehead atoms. The Morgan fingerprint density at radius 1 is 1.04 bits per heavy atom. The van der Waals surface area contributed by atoms with E-state index in [1.54, 1.807) is 0 Å².